The van der Waals surface area contributed by atoms with E-state index in [1.165, 1.54) is 13.2 Å². The van der Waals surface area contributed by atoms with E-state index >= 15 is 0 Å². The Labute approximate surface area is 103 Å². The highest BCUT2D eigenvalue weighted by molar-refractivity contribution is 7.80. The third kappa shape index (κ3) is 3.06. The Morgan fingerprint density at radius 1 is 1.56 bits per heavy atom. The lowest BCUT2D eigenvalue weighted by molar-refractivity contribution is 0.0601. The van der Waals surface area contributed by atoms with Crippen LogP contribution in [0.1, 0.15) is 10.4 Å². The van der Waals surface area contributed by atoms with Crippen LogP contribution in [0.25, 0.3) is 0 Å². The number of methoxy groups -OCH3 is 1. The van der Waals surface area contributed by atoms with Crippen molar-refractivity contribution >= 4 is 40.6 Å². The van der Waals surface area contributed by atoms with Crippen molar-refractivity contribution in [1.29, 1.82) is 0 Å². The minimum Gasteiger partial charge on any atom is -0.465 e. The molecule has 1 rings (SSSR count). The Hall–Kier alpha value is -1.37. The lowest BCUT2D eigenvalue weighted by atomic mass is 10.2. The molecule has 4 N–H and O–H groups in total. The molecule has 0 aromatic heterocycles. The molecule has 0 heterocycles. The number of carbonyl (C=O) groups excluding carboxylic acids is 1. The number of hydrogen-bond acceptors (Lipinski definition) is 4. The molecule has 1 aromatic rings. The van der Waals surface area contributed by atoms with Gasteiger partial charge in [-0.15, -0.1) is 0 Å². The lowest BCUT2D eigenvalue weighted by Gasteiger charge is -2.08. The van der Waals surface area contributed by atoms with Crippen molar-refractivity contribution in [3.63, 3.8) is 0 Å². The Kier molecular flexibility index (Phi) is 4.48. The van der Waals surface area contributed by atoms with Crippen LogP contribution in [0.4, 0.5) is 5.69 Å². The van der Waals surface area contributed by atoms with Gasteiger partial charge < -0.3 is 15.5 Å². The summed E-state index contributed by atoms with van der Waals surface area (Å²) in [6.45, 7) is 0. The van der Waals surface area contributed by atoms with Gasteiger partial charge in [-0.3, -0.25) is 0 Å². The summed E-state index contributed by atoms with van der Waals surface area (Å²) in [5.41, 5.74) is 3.19. The summed E-state index contributed by atoms with van der Waals surface area (Å²) in [5, 5.41) is 3.30. The third-order valence-electron chi connectivity index (χ3n) is 1.76. The van der Waals surface area contributed by atoms with Crippen LogP contribution in [0.5, 0.6) is 0 Å². The average molecular weight is 260 g/mol. The number of hydrazine groups is 1. The smallest absolute Gasteiger partial charge is 0.339 e. The number of thiocarbonyl (C=S) groups is 1. The number of hydrogen-bond donors (Lipinski definition) is 3. The molecule has 0 unspecified atom stereocenters. The van der Waals surface area contributed by atoms with Crippen LogP contribution in [-0.2, 0) is 4.74 Å². The predicted molar refractivity (Wildman–Crippen MR) is 66.3 cm³/mol. The normalized spacial score (nSPS) is 9.44. The Morgan fingerprint density at radius 2 is 2.25 bits per heavy atom. The molecule has 0 aliphatic heterocycles. The van der Waals surface area contributed by atoms with E-state index in [-0.39, 0.29) is 10.1 Å². The van der Waals surface area contributed by atoms with Crippen molar-refractivity contribution in [3.05, 3.63) is 28.8 Å². The molecule has 0 atom stereocenters. The highest BCUT2D eigenvalue weighted by Gasteiger charge is 2.10. The number of ether oxygens (including phenoxy) is 1. The summed E-state index contributed by atoms with van der Waals surface area (Å²) in [6.07, 6.45) is 0. The minimum absolute atomic E-state index is 0.252. The second-order valence-electron chi connectivity index (χ2n) is 2.78. The molecule has 0 radical (unpaired) electrons. The quantitative estimate of drug-likeness (QED) is 0.322. The van der Waals surface area contributed by atoms with Crippen LogP contribution in [-0.4, -0.2) is 18.2 Å². The molecular weight excluding hydrogens is 250 g/mol. The van der Waals surface area contributed by atoms with Gasteiger partial charge in [-0.2, -0.15) is 0 Å². The second-order valence-corrected chi connectivity index (χ2v) is 3.60. The molecule has 1 aromatic carbocycles. The first-order valence-corrected chi connectivity index (χ1v) is 5.02. The zero-order valence-corrected chi connectivity index (χ0v) is 9.98. The van der Waals surface area contributed by atoms with Gasteiger partial charge in [0.1, 0.15) is 0 Å². The molecule has 7 heteroatoms. The van der Waals surface area contributed by atoms with E-state index < -0.39 is 5.97 Å². The number of anilines is 1. The van der Waals surface area contributed by atoms with Crippen molar-refractivity contribution < 1.29 is 9.53 Å². The zero-order valence-electron chi connectivity index (χ0n) is 8.41. The summed E-state index contributed by atoms with van der Waals surface area (Å²) >= 11 is 10.7. The summed E-state index contributed by atoms with van der Waals surface area (Å²) in [5.74, 6) is 4.61. The zero-order chi connectivity index (χ0) is 12.1. The molecule has 0 fully saturated rings. The van der Waals surface area contributed by atoms with Crippen LogP contribution in [0.2, 0.25) is 5.02 Å². The van der Waals surface area contributed by atoms with E-state index in [0.29, 0.717) is 11.3 Å². The fraction of sp³-hybridized carbons (Fsp3) is 0.111. The average Bonchev–Trinajstić information content (AvgIpc) is 2.28. The lowest BCUT2D eigenvalue weighted by Crippen LogP contribution is -2.34. The molecule has 0 aliphatic rings. The van der Waals surface area contributed by atoms with E-state index in [2.05, 4.69) is 15.5 Å². The van der Waals surface area contributed by atoms with Gasteiger partial charge in [0, 0.05) is 5.69 Å². The molecular formula is C9H10ClN3O2S. The van der Waals surface area contributed by atoms with E-state index in [9.17, 15) is 4.79 Å². The van der Waals surface area contributed by atoms with Gasteiger partial charge in [-0.05, 0) is 30.4 Å². The van der Waals surface area contributed by atoms with Crippen LogP contribution < -0.4 is 16.6 Å². The van der Waals surface area contributed by atoms with Crippen molar-refractivity contribution in [2.24, 2.45) is 5.84 Å². The standard InChI is InChI=1S/C9H10ClN3O2S/c1-15-8(14)6-3-2-5(4-7(6)10)12-9(16)13-11/h2-4H,11H2,1H3,(H2,12,13,16). The molecule has 16 heavy (non-hydrogen) atoms. The van der Waals surface area contributed by atoms with E-state index in [1.807, 2.05) is 0 Å². The summed E-state index contributed by atoms with van der Waals surface area (Å²) < 4.78 is 4.56. The Morgan fingerprint density at radius 3 is 2.75 bits per heavy atom. The van der Waals surface area contributed by atoms with Crippen molar-refractivity contribution in [2.45, 2.75) is 0 Å². The molecule has 86 valence electrons. The Bertz CT molecular complexity index is 425. The molecule has 0 spiro atoms. The number of nitrogens with two attached hydrogens (primary N) is 1. The summed E-state index contributed by atoms with van der Waals surface area (Å²) in [6, 6.07) is 4.73. The maximum absolute atomic E-state index is 11.2. The number of benzene rings is 1. The van der Waals surface area contributed by atoms with Crippen LogP contribution in [0.15, 0.2) is 18.2 Å². The molecule has 5 nitrogen and oxygen atoms in total. The van der Waals surface area contributed by atoms with Gasteiger partial charge in [0.15, 0.2) is 5.11 Å². The fourth-order valence-electron chi connectivity index (χ4n) is 1.04. The molecule has 0 aliphatic carbocycles. The minimum atomic E-state index is -0.490. The second kappa shape index (κ2) is 5.64. The molecule has 0 saturated heterocycles. The molecule has 0 bridgehead atoms. The van der Waals surface area contributed by atoms with Crippen molar-refractivity contribution in [1.82, 2.24) is 5.43 Å². The number of esters is 1. The number of halogens is 1. The van der Waals surface area contributed by atoms with Crippen molar-refractivity contribution in [2.75, 3.05) is 12.4 Å². The van der Waals surface area contributed by atoms with Gasteiger partial charge in [-0.1, -0.05) is 11.6 Å². The first-order valence-electron chi connectivity index (χ1n) is 4.24. The highest BCUT2D eigenvalue weighted by Crippen LogP contribution is 2.21. The van der Waals surface area contributed by atoms with Crippen LogP contribution in [0.3, 0.4) is 0 Å². The molecule has 0 amide bonds. The fourth-order valence-corrected chi connectivity index (χ4v) is 1.41. The van der Waals surface area contributed by atoms with E-state index in [4.69, 9.17) is 29.7 Å². The first-order chi connectivity index (χ1) is 7.58. The largest absolute Gasteiger partial charge is 0.465 e. The van der Waals surface area contributed by atoms with Gasteiger partial charge >= 0.3 is 5.97 Å². The van der Waals surface area contributed by atoms with Crippen molar-refractivity contribution in [3.8, 4) is 0 Å². The first kappa shape index (κ1) is 12.7. The van der Waals surface area contributed by atoms with Gasteiger partial charge in [0.2, 0.25) is 0 Å². The van der Waals surface area contributed by atoms with Gasteiger partial charge in [0.05, 0.1) is 17.7 Å². The van der Waals surface area contributed by atoms with Crippen LogP contribution in [0, 0.1) is 0 Å². The van der Waals surface area contributed by atoms with Gasteiger partial charge in [0.25, 0.3) is 0 Å². The SMILES string of the molecule is COC(=O)c1ccc(NC(=S)NN)cc1Cl. The topological polar surface area (TPSA) is 76.4 Å². The van der Waals surface area contributed by atoms with Gasteiger partial charge in [-0.25, -0.2) is 10.6 Å². The number of rotatable bonds is 2. The monoisotopic (exact) mass is 259 g/mol. The summed E-state index contributed by atoms with van der Waals surface area (Å²) in [4.78, 5) is 11.2. The third-order valence-corrected chi connectivity index (χ3v) is 2.30. The highest BCUT2D eigenvalue weighted by atomic mass is 35.5. The number of nitrogens with one attached hydrogen (secondary N) is 2. The van der Waals surface area contributed by atoms with E-state index in [0.717, 1.165) is 0 Å². The molecule has 0 saturated carbocycles. The number of carbonyl (C=O) groups is 1. The summed E-state index contributed by atoms with van der Waals surface area (Å²) in [7, 11) is 1.29. The maximum Gasteiger partial charge on any atom is 0.339 e. The maximum atomic E-state index is 11.2. The predicted octanol–water partition coefficient (Wildman–Crippen LogP) is 1.29. The van der Waals surface area contributed by atoms with E-state index in [1.54, 1.807) is 12.1 Å². The van der Waals surface area contributed by atoms with Crippen LogP contribution >= 0.6 is 23.8 Å². The Balaban J connectivity index is 2.91.